The number of amides is 1. The van der Waals surface area contributed by atoms with Gasteiger partial charge in [0.05, 0.1) is 0 Å². The van der Waals surface area contributed by atoms with Crippen LogP contribution in [0.1, 0.15) is 82.6 Å². The zero-order valence-corrected chi connectivity index (χ0v) is 16.8. The minimum atomic E-state index is -0.000456. The van der Waals surface area contributed by atoms with Crippen molar-refractivity contribution in [2.75, 3.05) is 0 Å². The summed E-state index contributed by atoms with van der Waals surface area (Å²) in [6, 6.07) is 10.5. The highest BCUT2D eigenvalue weighted by Crippen LogP contribution is 2.17. The molecule has 0 spiro atoms. The van der Waals surface area contributed by atoms with Gasteiger partial charge in [0.1, 0.15) is 0 Å². The highest BCUT2D eigenvalue weighted by Gasteiger charge is 2.12. The summed E-state index contributed by atoms with van der Waals surface area (Å²) in [7, 11) is 0. The molecule has 1 fully saturated rings. The maximum atomic E-state index is 12.1. The topological polar surface area (TPSA) is 41.1 Å². The van der Waals surface area contributed by atoms with Crippen LogP contribution in [-0.2, 0) is 11.2 Å². The second-order valence-corrected chi connectivity index (χ2v) is 7.87. The molecule has 0 heterocycles. The molecular weight excluding hydrogens is 340 g/mol. The van der Waals surface area contributed by atoms with Crippen LogP contribution in [0.15, 0.2) is 30.3 Å². The first-order valence-corrected chi connectivity index (χ1v) is 10.8. The summed E-state index contributed by atoms with van der Waals surface area (Å²) in [5.41, 5.74) is 1.18. The molecule has 2 N–H and O–H groups in total. The minimum absolute atomic E-state index is 0.000456. The number of nitrogens with one attached hydrogen (secondary N) is 2. The van der Waals surface area contributed by atoms with Crippen LogP contribution in [-0.4, -0.2) is 17.1 Å². The maximum Gasteiger partial charge on any atom is 0.226 e. The third kappa shape index (κ3) is 9.33. The molecule has 0 bridgehead atoms. The van der Waals surface area contributed by atoms with E-state index in [1.807, 2.05) is 18.2 Å². The zero-order valence-electron chi connectivity index (χ0n) is 16.0. The van der Waals surface area contributed by atoms with E-state index in [9.17, 15) is 4.79 Å². The second kappa shape index (κ2) is 12.9. The molecule has 26 heavy (non-hydrogen) atoms. The SMILES string of the molecule is O=C(CCc1ccccc1)NC(=S)NC1CCCCCCCCCCC1. The summed E-state index contributed by atoms with van der Waals surface area (Å²) in [5.74, 6) is -0.000456. The Bertz CT molecular complexity index is 520. The van der Waals surface area contributed by atoms with E-state index in [0.29, 0.717) is 17.6 Å². The Labute approximate surface area is 164 Å². The Balaban J connectivity index is 1.70. The van der Waals surface area contributed by atoms with Crippen molar-refractivity contribution >= 4 is 23.2 Å². The molecule has 1 aliphatic rings. The van der Waals surface area contributed by atoms with Gasteiger partial charge in [-0.1, -0.05) is 88.1 Å². The third-order valence-corrected chi connectivity index (χ3v) is 5.40. The van der Waals surface area contributed by atoms with Gasteiger partial charge in [-0.3, -0.25) is 4.79 Å². The van der Waals surface area contributed by atoms with Gasteiger partial charge in [-0.25, -0.2) is 0 Å². The fraction of sp³-hybridized carbons (Fsp3) is 0.636. The van der Waals surface area contributed by atoms with Crippen molar-refractivity contribution in [2.45, 2.75) is 89.5 Å². The molecule has 4 heteroatoms. The van der Waals surface area contributed by atoms with Gasteiger partial charge in [0.15, 0.2) is 5.11 Å². The van der Waals surface area contributed by atoms with Gasteiger partial charge >= 0.3 is 0 Å². The largest absolute Gasteiger partial charge is 0.360 e. The van der Waals surface area contributed by atoms with Crippen molar-refractivity contribution in [1.29, 1.82) is 0 Å². The van der Waals surface area contributed by atoms with Crippen LogP contribution >= 0.6 is 12.2 Å². The van der Waals surface area contributed by atoms with Gasteiger partial charge in [-0.2, -0.15) is 0 Å². The lowest BCUT2D eigenvalue weighted by Gasteiger charge is -2.21. The fourth-order valence-corrected chi connectivity index (χ4v) is 3.90. The molecule has 1 amide bonds. The predicted molar refractivity (Wildman–Crippen MR) is 113 cm³/mol. The van der Waals surface area contributed by atoms with E-state index in [1.54, 1.807) is 0 Å². The van der Waals surface area contributed by atoms with Gasteiger partial charge < -0.3 is 10.6 Å². The summed E-state index contributed by atoms with van der Waals surface area (Å²) in [6.07, 6.45) is 15.5. The first-order valence-electron chi connectivity index (χ1n) is 10.4. The molecule has 0 aliphatic heterocycles. The summed E-state index contributed by atoms with van der Waals surface area (Å²) in [5, 5.41) is 6.76. The number of hydrogen-bond donors (Lipinski definition) is 2. The van der Waals surface area contributed by atoms with E-state index >= 15 is 0 Å². The molecule has 2 rings (SSSR count). The first kappa shape index (κ1) is 20.9. The number of aryl methyl sites for hydroxylation is 1. The Morgan fingerprint density at radius 2 is 1.42 bits per heavy atom. The smallest absolute Gasteiger partial charge is 0.226 e. The number of benzene rings is 1. The van der Waals surface area contributed by atoms with Crippen molar-refractivity contribution in [1.82, 2.24) is 10.6 Å². The lowest BCUT2D eigenvalue weighted by molar-refractivity contribution is -0.119. The van der Waals surface area contributed by atoms with Crippen LogP contribution in [0.2, 0.25) is 0 Å². The quantitative estimate of drug-likeness (QED) is 0.704. The van der Waals surface area contributed by atoms with E-state index in [-0.39, 0.29) is 5.91 Å². The van der Waals surface area contributed by atoms with E-state index in [2.05, 4.69) is 22.8 Å². The van der Waals surface area contributed by atoms with Crippen LogP contribution in [0.4, 0.5) is 0 Å². The standard InChI is InChI=1S/C22H34N2OS/c25-21(18-17-19-13-9-8-10-14-19)24-22(26)23-20-15-11-6-4-2-1-3-5-7-12-16-20/h8-10,13-14,20H,1-7,11-12,15-18H2,(H2,23,24,25,26). The predicted octanol–water partition coefficient (Wildman–Crippen LogP) is 5.28. The van der Waals surface area contributed by atoms with Crippen molar-refractivity contribution < 1.29 is 4.79 Å². The van der Waals surface area contributed by atoms with Crippen LogP contribution in [0.25, 0.3) is 0 Å². The average Bonchev–Trinajstić information content (AvgIpc) is 2.63. The number of carbonyl (C=O) groups excluding carboxylic acids is 1. The van der Waals surface area contributed by atoms with Gasteiger partial charge in [0, 0.05) is 12.5 Å². The molecule has 0 atom stereocenters. The van der Waals surface area contributed by atoms with E-state index in [4.69, 9.17) is 12.2 Å². The van der Waals surface area contributed by atoms with Crippen molar-refractivity contribution in [3.63, 3.8) is 0 Å². The molecule has 1 saturated carbocycles. The second-order valence-electron chi connectivity index (χ2n) is 7.46. The molecular formula is C22H34N2OS. The minimum Gasteiger partial charge on any atom is -0.360 e. The zero-order chi connectivity index (χ0) is 18.5. The molecule has 144 valence electrons. The monoisotopic (exact) mass is 374 g/mol. The van der Waals surface area contributed by atoms with Crippen molar-refractivity contribution in [3.05, 3.63) is 35.9 Å². The fourth-order valence-electron chi connectivity index (χ4n) is 3.62. The lowest BCUT2D eigenvalue weighted by Crippen LogP contribution is -2.44. The van der Waals surface area contributed by atoms with Gasteiger partial charge in [-0.05, 0) is 37.0 Å². The van der Waals surface area contributed by atoms with E-state index < -0.39 is 0 Å². The normalized spacial score (nSPS) is 17.5. The first-order chi connectivity index (χ1) is 12.7. The summed E-state index contributed by atoms with van der Waals surface area (Å²) < 4.78 is 0. The highest BCUT2D eigenvalue weighted by molar-refractivity contribution is 7.80. The molecule has 0 saturated heterocycles. The molecule has 0 unspecified atom stereocenters. The highest BCUT2D eigenvalue weighted by atomic mass is 32.1. The Hall–Kier alpha value is -1.42. The van der Waals surface area contributed by atoms with Gasteiger partial charge in [-0.15, -0.1) is 0 Å². The average molecular weight is 375 g/mol. The van der Waals surface area contributed by atoms with E-state index in [0.717, 1.165) is 19.3 Å². The van der Waals surface area contributed by atoms with Crippen LogP contribution in [0, 0.1) is 0 Å². The van der Waals surface area contributed by atoms with Crippen molar-refractivity contribution in [3.8, 4) is 0 Å². The lowest BCUT2D eigenvalue weighted by atomic mass is 9.98. The number of thiocarbonyl (C=S) groups is 1. The molecule has 1 aliphatic carbocycles. The van der Waals surface area contributed by atoms with Crippen LogP contribution in [0.3, 0.4) is 0 Å². The van der Waals surface area contributed by atoms with Gasteiger partial charge in [0.2, 0.25) is 5.91 Å². The van der Waals surface area contributed by atoms with E-state index in [1.165, 1.54) is 63.4 Å². The molecule has 3 nitrogen and oxygen atoms in total. The maximum absolute atomic E-state index is 12.1. The summed E-state index contributed by atoms with van der Waals surface area (Å²) in [6.45, 7) is 0. The Morgan fingerprint density at radius 3 is 2.00 bits per heavy atom. The van der Waals surface area contributed by atoms with Crippen LogP contribution in [0.5, 0.6) is 0 Å². The Morgan fingerprint density at radius 1 is 0.885 bits per heavy atom. The van der Waals surface area contributed by atoms with Gasteiger partial charge in [0.25, 0.3) is 0 Å². The van der Waals surface area contributed by atoms with Crippen LogP contribution < -0.4 is 10.6 Å². The summed E-state index contributed by atoms with van der Waals surface area (Å²) >= 11 is 5.39. The molecule has 0 radical (unpaired) electrons. The number of rotatable bonds is 4. The van der Waals surface area contributed by atoms with Crippen molar-refractivity contribution in [2.24, 2.45) is 0 Å². The Kier molecular flexibility index (Phi) is 10.3. The molecule has 1 aromatic carbocycles. The molecule has 0 aromatic heterocycles. The number of hydrogen-bond acceptors (Lipinski definition) is 2. The third-order valence-electron chi connectivity index (χ3n) is 5.18. The molecule has 1 aromatic rings. The number of carbonyl (C=O) groups is 1. The summed E-state index contributed by atoms with van der Waals surface area (Å²) in [4.78, 5) is 12.1.